The predicted octanol–water partition coefficient (Wildman–Crippen LogP) is 5.35. The Morgan fingerprint density at radius 1 is 1.09 bits per heavy atom. The summed E-state index contributed by atoms with van der Waals surface area (Å²) in [6, 6.07) is 13.8. The maximum Gasteiger partial charge on any atom is 0.267 e. The number of hydrogen-bond donors (Lipinski definition) is 0. The number of aryl methyl sites for hydroxylation is 3. The minimum absolute atomic E-state index is 0.0885. The van der Waals surface area contributed by atoms with E-state index >= 15 is 0 Å². The lowest BCUT2D eigenvalue weighted by molar-refractivity contribution is 0.900. The van der Waals surface area contributed by atoms with Crippen LogP contribution in [0.4, 0.5) is 0 Å². The molecule has 0 saturated carbocycles. The molecule has 0 spiro atoms. The van der Waals surface area contributed by atoms with E-state index in [9.17, 15) is 4.79 Å². The van der Waals surface area contributed by atoms with Crippen molar-refractivity contribution < 1.29 is 0 Å². The molecule has 0 aliphatic heterocycles. The number of para-hydroxylation sites is 1. The fourth-order valence-corrected chi connectivity index (χ4v) is 5.67. The van der Waals surface area contributed by atoms with Crippen molar-refractivity contribution in [3.8, 4) is 5.69 Å². The third-order valence-corrected chi connectivity index (χ3v) is 7.33. The lowest BCUT2D eigenvalue weighted by Crippen LogP contribution is -2.22. The highest BCUT2D eigenvalue weighted by Crippen LogP contribution is 2.27. The van der Waals surface area contributed by atoms with Crippen LogP contribution in [0.3, 0.4) is 0 Å². The number of aromatic nitrogens is 5. The lowest BCUT2D eigenvalue weighted by atomic mass is 10.1. The Labute approximate surface area is 194 Å². The van der Waals surface area contributed by atoms with Crippen molar-refractivity contribution >= 4 is 39.8 Å². The third kappa shape index (κ3) is 3.63. The van der Waals surface area contributed by atoms with E-state index in [4.69, 9.17) is 4.98 Å². The Kier molecular flexibility index (Phi) is 5.57. The first-order valence-electron chi connectivity index (χ1n) is 10.6. The molecule has 5 aromatic rings. The van der Waals surface area contributed by atoms with Gasteiger partial charge in [0.05, 0.1) is 27.3 Å². The van der Waals surface area contributed by atoms with Crippen molar-refractivity contribution in [1.82, 2.24) is 24.1 Å². The number of nitrogens with zero attached hydrogens (tertiary/aromatic N) is 5. The van der Waals surface area contributed by atoms with Crippen molar-refractivity contribution in [1.29, 1.82) is 0 Å². The number of fused-ring (bicyclic) bond motifs is 3. The molecule has 0 atom stereocenters. The second kappa shape index (κ2) is 8.52. The molecule has 0 aliphatic carbocycles. The molecule has 0 N–H and O–H groups in total. The van der Waals surface area contributed by atoms with E-state index in [1.54, 1.807) is 27.7 Å². The van der Waals surface area contributed by atoms with Crippen LogP contribution in [0.2, 0.25) is 0 Å². The normalized spacial score (nSPS) is 11.6. The molecule has 0 bridgehead atoms. The number of hydrogen-bond acceptors (Lipinski definition) is 6. The SMILES string of the molecule is CCCc1nc(CSc2nnc3n(-c4cc(C)ccc4C)c(=O)c4ccccc4n23)cs1. The molecule has 32 heavy (non-hydrogen) atoms. The van der Waals surface area contributed by atoms with Gasteiger partial charge in [0.15, 0.2) is 5.16 Å². The van der Waals surface area contributed by atoms with Gasteiger partial charge in [-0.15, -0.1) is 21.5 Å². The van der Waals surface area contributed by atoms with Crippen molar-refractivity contribution in [2.75, 3.05) is 0 Å². The largest absolute Gasteiger partial charge is 0.268 e. The van der Waals surface area contributed by atoms with Gasteiger partial charge in [-0.1, -0.05) is 43.0 Å². The Morgan fingerprint density at radius 3 is 2.78 bits per heavy atom. The van der Waals surface area contributed by atoms with Crippen LogP contribution in [0.5, 0.6) is 0 Å². The Morgan fingerprint density at radius 2 is 1.94 bits per heavy atom. The predicted molar refractivity (Wildman–Crippen MR) is 131 cm³/mol. The van der Waals surface area contributed by atoms with Crippen LogP contribution in [-0.2, 0) is 12.2 Å². The molecule has 0 unspecified atom stereocenters. The Bertz CT molecular complexity index is 1500. The average Bonchev–Trinajstić information content (AvgIpc) is 3.42. The van der Waals surface area contributed by atoms with Gasteiger partial charge in [0.2, 0.25) is 5.78 Å². The number of rotatable bonds is 6. The van der Waals surface area contributed by atoms with E-state index in [2.05, 4.69) is 22.5 Å². The van der Waals surface area contributed by atoms with E-state index in [-0.39, 0.29) is 5.56 Å². The smallest absolute Gasteiger partial charge is 0.267 e. The first kappa shape index (κ1) is 20.9. The van der Waals surface area contributed by atoms with Crippen molar-refractivity contribution in [3.05, 3.63) is 80.0 Å². The van der Waals surface area contributed by atoms with Crippen LogP contribution in [0, 0.1) is 13.8 Å². The fraction of sp³-hybridized carbons (Fsp3) is 0.250. The summed E-state index contributed by atoms with van der Waals surface area (Å²) < 4.78 is 3.67. The monoisotopic (exact) mass is 461 g/mol. The molecule has 0 amide bonds. The Hall–Kier alpha value is -2.97. The third-order valence-electron chi connectivity index (χ3n) is 5.41. The van der Waals surface area contributed by atoms with Crippen LogP contribution in [-0.4, -0.2) is 24.1 Å². The van der Waals surface area contributed by atoms with E-state index < -0.39 is 0 Å². The van der Waals surface area contributed by atoms with Crippen molar-refractivity contribution in [2.24, 2.45) is 0 Å². The van der Waals surface area contributed by atoms with E-state index in [1.165, 1.54) is 5.01 Å². The molecule has 0 fully saturated rings. The van der Waals surface area contributed by atoms with Crippen LogP contribution >= 0.6 is 23.1 Å². The van der Waals surface area contributed by atoms with Crippen molar-refractivity contribution in [3.63, 3.8) is 0 Å². The average molecular weight is 462 g/mol. The van der Waals surface area contributed by atoms with Crippen LogP contribution in [0.15, 0.2) is 57.8 Å². The molecule has 8 heteroatoms. The zero-order chi connectivity index (χ0) is 22.2. The van der Waals surface area contributed by atoms with Gasteiger partial charge in [-0.3, -0.25) is 9.20 Å². The first-order valence-corrected chi connectivity index (χ1v) is 12.5. The Balaban J connectivity index is 1.67. The van der Waals surface area contributed by atoms with Gasteiger partial charge < -0.3 is 0 Å². The standard InChI is InChI=1S/C24H23N5OS2/c1-4-7-21-25-17(13-31-21)14-32-24-27-26-23-28(20-12-15(2)10-11-16(20)3)22(30)18-8-5-6-9-19(18)29(23)24/h5-6,8-13H,4,7,14H2,1-3H3. The van der Waals surface area contributed by atoms with Gasteiger partial charge in [-0.05, 0) is 56.0 Å². The highest BCUT2D eigenvalue weighted by atomic mass is 32.2. The van der Waals surface area contributed by atoms with Crippen LogP contribution in [0.25, 0.3) is 22.4 Å². The highest BCUT2D eigenvalue weighted by molar-refractivity contribution is 7.98. The summed E-state index contributed by atoms with van der Waals surface area (Å²) in [7, 11) is 0. The molecule has 3 heterocycles. The van der Waals surface area contributed by atoms with Gasteiger partial charge in [-0.2, -0.15) is 0 Å². The molecule has 0 aliphatic rings. The van der Waals surface area contributed by atoms with Crippen molar-refractivity contribution in [2.45, 2.75) is 44.5 Å². The summed E-state index contributed by atoms with van der Waals surface area (Å²) in [6.07, 6.45) is 2.10. The molecular formula is C24H23N5OS2. The molecule has 6 nitrogen and oxygen atoms in total. The summed E-state index contributed by atoms with van der Waals surface area (Å²) in [5, 5.41) is 13.6. The summed E-state index contributed by atoms with van der Waals surface area (Å²) in [5.41, 5.74) is 4.70. The van der Waals surface area contributed by atoms with Crippen LogP contribution < -0.4 is 5.56 Å². The van der Waals surface area contributed by atoms with E-state index in [1.807, 2.05) is 60.7 Å². The van der Waals surface area contributed by atoms with E-state index in [0.717, 1.165) is 46.0 Å². The molecule has 2 aromatic carbocycles. The lowest BCUT2D eigenvalue weighted by Gasteiger charge is -2.13. The van der Waals surface area contributed by atoms with Gasteiger partial charge in [0.1, 0.15) is 0 Å². The van der Waals surface area contributed by atoms with Gasteiger partial charge in [0.25, 0.3) is 5.56 Å². The maximum atomic E-state index is 13.5. The maximum absolute atomic E-state index is 13.5. The summed E-state index contributed by atoms with van der Waals surface area (Å²) in [6.45, 7) is 6.20. The second-order valence-electron chi connectivity index (χ2n) is 7.84. The number of thiazole rings is 1. The first-order chi connectivity index (χ1) is 15.6. The summed E-state index contributed by atoms with van der Waals surface area (Å²) >= 11 is 3.30. The topological polar surface area (TPSA) is 65.1 Å². The second-order valence-corrected chi connectivity index (χ2v) is 9.72. The van der Waals surface area contributed by atoms with Gasteiger partial charge >= 0.3 is 0 Å². The van der Waals surface area contributed by atoms with E-state index in [0.29, 0.717) is 16.9 Å². The zero-order valence-corrected chi connectivity index (χ0v) is 19.8. The molecule has 3 aromatic heterocycles. The minimum atomic E-state index is -0.0885. The highest BCUT2D eigenvalue weighted by Gasteiger charge is 2.19. The zero-order valence-electron chi connectivity index (χ0n) is 18.2. The summed E-state index contributed by atoms with van der Waals surface area (Å²) in [4.78, 5) is 18.3. The van der Waals surface area contributed by atoms with Gasteiger partial charge in [0, 0.05) is 11.1 Å². The molecule has 0 saturated heterocycles. The van der Waals surface area contributed by atoms with Crippen LogP contribution in [0.1, 0.15) is 35.2 Å². The fourth-order valence-electron chi connectivity index (χ4n) is 3.83. The number of benzene rings is 2. The summed E-state index contributed by atoms with van der Waals surface area (Å²) in [5.74, 6) is 1.23. The number of thioether (sulfide) groups is 1. The molecular weight excluding hydrogens is 438 g/mol. The molecule has 0 radical (unpaired) electrons. The molecule has 5 rings (SSSR count). The molecule has 162 valence electrons. The minimum Gasteiger partial charge on any atom is -0.268 e. The van der Waals surface area contributed by atoms with Gasteiger partial charge in [-0.25, -0.2) is 9.55 Å². The quantitative estimate of drug-likeness (QED) is 0.319.